The second-order valence-electron chi connectivity index (χ2n) is 5.42. The van der Waals surface area contributed by atoms with Crippen LogP contribution in [0.1, 0.15) is 11.5 Å². The van der Waals surface area contributed by atoms with Gasteiger partial charge in [0.15, 0.2) is 6.61 Å². The predicted molar refractivity (Wildman–Crippen MR) is 102 cm³/mol. The van der Waals surface area contributed by atoms with E-state index >= 15 is 0 Å². The average molecular weight is 420 g/mol. The van der Waals surface area contributed by atoms with Crippen LogP contribution in [-0.4, -0.2) is 21.1 Å². The zero-order chi connectivity index (χ0) is 20.1. The fourth-order valence-electron chi connectivity index (χ4n) is 2.12. The van der Waals surface area contributed by atoms with Crippen molar-refractivity contribution in [1.29, 1.82) is 0 Å². The molecule has 3 rings (SSSR count). The lowest BCUT2D eigenvalue weighted by Crippen LogP contribution is -2.00. The number of hydrogen-bond donors (Lipinski definition) is 0. The third-order valence-corrected chi connectivity index (χ3v) is 4.22. The Kier molecular flexibility index (Phi) is 6.03. The minimum absolute atomic E-state index is 0.0498. The van der Waals surface area contributed by atoms with Crippen molar-refractivity contribution in [3.8, 4) is 11.5 Å². The van der Waals surface area contributed by atoms with Gasteiger partial charge >= 0.3 is 5.97 Å². The Bertz CT molecular complexity index is 1050. The van der Waals surface area contributed by atoms with E-state index in [0.717, 1.165) is 0 Å². The minimum Gasteiger partial charge on any atom is -0.452 e. The standard InChI is InChI=1S/C18H11Cl2N3O5/c19-14-7-1-11(9-15(14)20)2-8-17(24)27-10-16-21-22-18(28-16)12-3-5-13(6-4-12)23(25)26/h1-9H,10H2/b8-2+. The summed E-state index contributed by atoms with van der Waals surface area (Å²) in [6.07, 6.45) is 2.76. The molecule has 1 heterocycles. The van der Waals surface area contributed by atoms with Gasteiger partial charge in [0.25, 0.3) is 11.6 Å². The molecule has 0 bridgehead atoms. The molecule has 0 N–H and O–H groups in total. The van der Waals surface area contributed by atoms with Crippen LogP contribution < -0.4 is 0 Å². The fraction of sp³-hybridized carbons (Fsp3) is 0.0556. The lowest BCUT2D eigenvalue weighted by Gasteiger charge is -1.99. The van der Waals surface area contributed by atoms with Crippen LogP contribution in [0, 0.1) is 10.1 Å². The monoisotopic (exact) mass is 419 g/mol. The number of nitrogens with zero attached hydrogens (tertiary/aromatic N) is 3. The van der Waals surface area contributed by atoms with Crippen LogP contribution in [-0.2, 0) is 16.1 Å². The Labute approximate surface area is 168 Å². The van der Waals surface area contributed by atoms with Crippen LogP contribution in [0.15, 0.2) is 53.0 Å². The quantitative estimate of drug-likeness (QED) is 0.246. The highest BCUT2D eigenvalue weighted by molar-refractivity contribution is 6.42. The van der Waals surface area contributed by atoms with Gasteiger partial charge in [-0.2, -0.15) is 0 Å². The summed E-state index contributed by atoms with van der Waals surface area (Å²) >= 11 is 11.7. The maximum absolute atomic E-state index is 11.8. The SMILES string of the molecule is O=C(/C=C/c1ccc(Cl)c(Cl)c1)OCc1nnc(-c2ccc([N+](=O)[O-])cc2)o1. The summed E-state index contributed by atoms with van der Waals surface area (Å²) in [6.45, 7) is -0.218. The van der Waals surface area contributed by atoms with Crippen LogP contribution in [0.25, 0.3) is 17.5 Å². The second kappa shape index (κ2) is 8.64. The smallest absolute Gasteiger partial charge is 0.331 e. The van der Waals surface area contributed by atoms with Crippen molar-refractivity contribution >= 4 is 40.9 Å². The van der Waals surface area contributed by atoms with Gasteiger partial charge in [-0.15, -0.1) is 10.2 Å². The average Bonchev–Trinajstić information content (AvgIpc) is 3.16. The highest BCUT2D eigenvalue weighted by atomic mass is 35.5. The number of non-ortho nitro benzene ring substituents is 1. The van der Waals surface area contributed by atoms with E-state index in [0.29, 0.717) is 21.2 Å². The number of esters is 1. The molecule has 0 aliphatic carbocycles. The first-order valence-electron chi connectivity index (χ1n) is 7.79. The molecule has 0 radical (unpaired) electrons. The summed E-state index contributed by atoms with van der Waals surface area (Å²) in [6, 6.07) is 10.6. The second-order valence-corrected chi connectivity index (χ2v) is 6.23. The number of hydrogen-bond acceptors (Lipinski definition) is 7. The van der Waals surface area contributed by atoms with Gasteiger partial charge in [0.05, 0.1) is 15.0 Å². The Morgan fingerprint density at radius 2 is 1.89 bits per heavy atom. The lowest BCUT2D eigenvalue weighted by atomic mass is 10.2. The van der Waals surface area contributed by atoms with Crippen LogP contribution >= 0.6 is 23.2 Å². The largest absolute Gasteiger partial charge is 0.452 e. The van der Waals surface area contributed by atoms with Crippen molar-refractivity contribution in [3.63, 3.8) is 0 Å². The number of ether oxygens (including phenoxy) is 1. The Balaban J connectivity index is 1.57. The Hall–Kier alpha value is -3.23. The molecule has 0 amide bonds. The third-order valence-electron chi connectivity index (χ3n) is 3.49. The highest BCUT2D eigenvalue weighted by Crippen LogP contribution is 2.23. The molecule has 0 atom stereocenters. The van der Waals surface area contributed by atoms with E-state index < -0.39 is 10.9 Å². The molecule has 0 saturated carbocycles. The van der Waals surface area contributed by atoms with Gasteiger partial charge in [-0.25, -0.2) is 4.79 Å². The number of benzene rings is 2. The number of halogens is 2. The molecular formula is C18H11Cl2N3O5. The van der Waals surface area contributed by atoms with Gasteiger partial charge < -0.3 is 9.15 Å². The van der Waals surface area contributed by atoms with Crippen LogP contribution in [0.4, 0.5) is 5.69 Å². The molecular weight excluding hydrogens is 409 g/mol. The Morgan fingerprint density at radius 1 is 1.14 bits per heavy atom. The van der Waals surface area contributed by atoms with Crippen molar-refractivity contribution in [2.24, 2.45) is 0 Å². The van der Waals surface area contributed by atoms with E-state index in [2.05, 4.69) is 10.2 Å². The Morgan fingerprint density at radius 3 is 2.57 bits per heavy atom. The molecule has 28 heavy (non-hydrogen) atoms. The number of rotatable bonds is 6. The van der Waals surface area contributed by atoms with Gasteiger partial charge in [-0.3, -0.25) is 10.1 Å². The lowest BCUT2D eigenvalue weighted by molar-refractivity contribution is -0.384. The summed E-state index contributed by atoms with van der Waals surface area (Å²) in [7, 11) is 0. The van der Waals surface area contributed by atoms with Crippen molar-refractivity contribution in [2.75, 3.05) is 0 Å². The molecule has 0 saturated heterocycles. The molecule has 142 valence electrons. The molecule has 0 aliphatic heterocycles. The summed E-state index contributed by atoms with van der Waals surface area (Å²) < 4.78 is 10.4. The van der Waals surface area contributed by atoms with Crippen molar-refractivity contribution < 1.29 is 18.9 Å². The van der Waals surface area contributed by atoms with Gasteiger partial charge in [-0.05, 0) is 35.9 Å². The van der Waals surface area contributed by atoms with E-state index in [1.54, 1.807) is 18.2 Å². The number of nitro benzene ring substituents is 1. The van der Waals surface area contributed by atoms with Gasteiger partial charge in [0.1, 0.15) is 0 Å². The molecule has 0 spiro atoms. The normalized spacial score (nSPS) is 10.9. The first-order valence-corrected chi connectivity index (χ1v) is 8.55. The van der Waals surface area contributed by atoms with Gasteiger partial charge in [-0.1, -0.05) is 29.3 Å². The number of carbonyl (C=O) groups is 1. The number of nitro groups is 1. The topological polar surface area (TPSA) is 108 Å². The van der Waals surface area contributed by atoms with Gasteiger partial charge in [0, 0.05) is 23.8 Å². The molecule has 0 unspecified atom stereocenters. The third kappa shape index (κ3) is 4.93. The predicted octanol–water partition coefficient (Wildman–Crippen LogP) is 4.71. The zero-order valence-electron chi connectivity index (χ0n) is 14.0. The molecule has 8 nitrogen and oxygen atoms in total. The number of aromatic nitrogens is 2. The molecule has 2 aromatic carbocycles. The fourth-order valence-corrected chi connectivity index (χ4v) is 2.42. The zero-order valence-corrected chi connectivity index (χ0v) is 15.6. The highest BCUT2D eigenvalue weighted by Gasteiger charge is 2.12. The first kappa shape index (κ1) is 19.5. The molecule has 0 fully saturated rings. The van der Waals surface area contributed by atoms with Crippen molar-refractivity contribution in [3.05, 3.63) is 80.2 Å². The van der Waals surface area contributed by atoms with E-state index in [1.807, 2.05) is 0 Å². The molecule has 10 heteroatoms. The van der Waals surface area contributed by atoms with E-state index in [4.69, 9.17) is 32.4 Å². The van der Waals surface area contributed by atoms with E-state index in [-0.39, 0.29) is 24.1 Å². The first-order chi connectivity index (χ1) is 13.4. The minimum atomic E-state index is -0.610. The molecule has 1 aromatic heterocycles. The van der Waals surface area contributed by atoms with Crippen molar-refractivity contribution in [2.45, 2.75) is 6.61 Å². The van der Waals surface area contributed by atoms with Gasteiger partial charge in [0.2, 0.25) is 5.89 Å². The van der Waals surface area contributed by atoms with Crippen LogP contribution in [0.5, 0.6) is 0 Å². The molecule has 0 aliphatic rings. The van der Waals surface area contributed by atoms with Crippen LogP contribution in [0.3, 0.4) is 0 Å². The maximum Gasteiger partial charge on any atom is 0.331 e. The maximum atomic E-state index is 11.8. The number of carbonyl (C=O) groups excluding carboxylic acids is 1. The van der Waals surface area contributed by atoms with Crippen LogP contribution in [0.2, 0.25) is 10.0 Å². The van der Waals surface area contributed by atoms with Crippen molar-refractivity contribution in [1.82, 2.24) is 10.2 Å². The summed E-state index contributed by atoms with van der Waals surface area (Å²) in [5, 5.41) is 19.1. The van der Waals surface area contributed by atoms with E-state index in [1.165, 1.54) is 36.4 Å². The summed E-state index contributed by atoms with van der Waals surface area (Å²) in [5.74, 6) is -0.363. The summed E-state index contributed by atoms with van der Waals surface area (Å²) in [4.78, 5) is 22.0. The molecule has 3 aromatic rings. The van der Waals surface area contributed by atoms with E-state index in [9.17, 15) is 14.9 Å². The summed E-state index contributed by atoms with van der Waals surface area (Å²) in [5.41, 5.74) is 1.14.